The highest BCUT2D eigenvalue weighted by Gasteiger charge is 2.16. The fraction of sp³-hybridized carbons (Fsp3) is 0.200. The average molecular weight is 353 g/mol. The summed E-state index contributed by atoms with van der Waals surface area (Å²) in [5, 5.41) is 0. The molecule has 0 saturated carbocycles. The fourth-order valence-corrected chi connectivity index (χ4v) is 2.46. The zero-order chi connectivity index (χ0) is 18.5. The van der Waals surface area contributed by atoms with Crippen LogP contribution in [-0.2, 0) is 11.3 Å². The van der Waals surface area contributed by atoms with Gasteiger partial charge in [-0.25, -0.2) is 9.78 Å². The minimum atomic E-state index is -0.452. The number of rotatable bonds is 6. The van der Waals surface area contributed by atoms with Gasteiger partial charge in [0.05, 0.1) is 19.9 Å². The lowest BCUT2D eigenvalue weighted by Gasteiger charge is -2.09. The van der Waals surface area contributed by atoms with Crippen LogP contribution in [0.3, 0.4) is 0 Å². The lowest BCUT2D eigenvalue weighted by atomic mass is 10.2. The maximum Gasteiger partial charge on any atom is 0.341 e. The van der Waals surface area contributed by atoms with Gasteiger partial charge in [-0.15, -0.1) is 0 Å². The van der Waals surface area contributed by atoms with Crippen molar-refractivity contribution in [2.24, 2.45) is 0 Å². The van der Waals surface area contributed by atoms with Gasteiger partial charge in [-0.3, -0.25) is 0 Å². The molecule has 0 spiro atoms. The van der Waals surface area contributed by atoms with Gasteiger partial charge in [0.1, 0.15) is 23.7 Å². The number of hydrogen-bond donors (Lipinski definition) is 0. The van der Waals surface area contributed by atoms with E-state index >= 15 is 0 Å². The molecule has 0 aliphatic heterocycles. The van der Waals surface area contributed by atoms with E-state index in [1.165, 1.54) is 7.11 Å². The van der Waals surface area contributed by atoms with E-state index in [0.717, 1.165) is 17.0 Å². The van der Waals surface area contributed by atoms with Crippen molar-refractivity contribution in [3.8, 4) is 23.0 Å². The van der Waals surface area contributed by atoms with Gasteiger partial charge in [0.25, 0.3) is 0 Å². The summed E-state index contributed by atoms with van der Waals surface area (Å²) in [6.07, 6.45) is 0. The Bertz CT molecular complexity index is 916. The van der Waals surface area contributed by atoms with Gasteiger partial charge >= 0.3 is 5.97 Å². The van der Waals surface area contributed by atoms with Gasteiger partial charge in [0.2, 0.25) is 5.89 Å². The Balaban J connectivity index is 1.80. The molecule has 1 heterocycles. The summed E-state index contributed by atoms with van der Waals surface area (Å²) in [6.45, 7) is 1.99. The molecular formula is C20H19NO5. The van der Waals surface area contributed by atoms with E-state index in [2.05, 4.69) is 4.98 Å². The van der Waals surface area contributed by atoms with Crippen molar-refractivity contribution in [2.75, 3.05) is 14.2 Å². The lowest BCUT2D eigenvalue weighted by Crippen LogP contribution is -2.05. The largest absolute Gasteiger partial charge is 0.497 e. The van der Waals surface area contributed by atoms with E-state index < -0.39 is 5.97 Å². The van der Waals surface area contributed by atoms with Crippen LogP contribution in [0.25, 0.3) is 11.5 Å². The number of esters is 1. The molecule has 0 atom stereocenters. The molecule has 6 heteroatoms. The Labute approximate surface area is 151 Å². The van der Waals surface area contributed by atoms with Crippen LogP contribution in [0.4, 0.5) is 0 Å². The molecule has 0 N–H and O–H groups in total. The topological polar surface area (TPSA) is 70.8 Å². The van der Waals surface area contributed by atoms with Gasteiger partial charge in [0, 0.05) is 5.56 Å². The molecule has 2 aromatic carbocycles. The highest BCUT2D eigenvalue weighted by Crippen LogP contribution is 2.26. The smallest absolute Gasteiger partial charge is 0.341 e. The number of oxazole rings is 1. The molecule has 0 radical (unpaired) electrons. The van der Waals surface area contributed by atoms with Crippen LogP contribution in [0, 0.1) is 6.92 Å². The zero-order valence-electron chi connectivity index (χ0n) is 14.8. The normalized spacial score (nSPS) is 10.4. The van der Waals surface area contributed by atoms with Crippen LogP contribution in [-0.4, -0.2) is 25.2 Å². The van der Waals surface area contributed by atoms with Crippen molar-refractivity contribution in [3.05, 3.63) is 65.5 Å². The number of carbonyl (C=O) groups excluding carboxylic acids is 1. The zero-order valence-corrected chi connectivity index (χ0v) is 14.8. The van der Waals surface area contributed by atoms with E-state index in [1.807, 2.05) is 31.2 Å². The minimum absolute atomic E-state index is 0.150. The molecule has 6 nitrogen and oxygen atoms in total. The molecule has 0 unspecified atom stereocenters. The van der Waals surface area contributed by atoms with E-state index in [9.17, 15) is 4.79 Å². The highest BCUT2D eigenvalue weighted by molar-refractivity contribution is 5.92. The summed E-state index contributed by atoms with van der Waals surface area (Å²) in [5.74, 6) is 1.77. The Morgan fingerprint density at radius 1 is 1.12 bits per heavy atom. The standard InChI is InChI=1S/C20H19NO5/c1-13-18(12-25-17-10-5-4-9-16(17)20(22)24-3)26-19(21-13)14-7-6-8-15(11-14)23-2/h4-11H,12H2,1-3H3. The first kappa shape index (κ1) is 17.5. The van der Waals surface area contributed by atoms with Crippen molar-refractivity contribution in [1.82, 2.24) is 4.98 Å². The minimum Gasteiger partial charge on any atom is -0.497 e. The third-order valence-corrected chi connectivity index (χ3v) is 3.86. The number of carbonyl (C=O) groups is 1. The quantitative estimate of drug-likeness (QED) is 0.623. The predicted molar refractivity (Wildman–Crippen MR) is 95.3 cm³/mol. The molecule has 134 valence electrons. The van der Waals surface area contributed by atoms with Crippen molar-refractivity contribution < 1.29 is 23.4 Å². The van der Waals surface area contributed by atoms with Gasteiger partial charge in [-0.2, -0.15) is 0 Å². The molecular weight excluding hydrogens is 334 g/mol. The number of hydrogen-bond acceptors (Lipinski definition) is 6. The second-order valence-electron chi connectivity index (χ2n) is 5.54. The molecule has 1 aromatic heterocycles. The molecule has 0 amide bonds. The predicted octanol–water partition coefficient (Wildman–Crippen LogP) is 4.02. The van der Waals surface area contributed by atoms with E-state index in [4.69, 9.17) is 18.6 Å². The van der Waals surface area contributed by atoms with Crippen molar-refractivity contribution in [2.45, 2.75) is 13.5 Å². The molecule has 0 fully saturated rings. The summed E-state index contributed by atoms with van der Waals surface area (Å²) in [4.78, 5) is 16.3. The molecule has 3 rings (SSSR count). The monoisotopic (exact) mass is 353 g/mol. The SMILES string of the molecule is COC(=O)c1ccccc1OCc1oc(-c2cccc(OC)c2)nc1C. The second-order valence-corrected chi connectivity index (χ2v) is 5.54. The summed E-state index contributed by atoms with van der Waals surface area (Å²) in [7, 11) is 2.94. The van der Waals surface area contributed by atoms with Crippen LogP contribution in [0.2, 0.25) is 0 Å². The van der Waals surface area contributed by atoms with Crippen LogP contribution in [0.15, 0.2) is 52.9 Å². The summed E-state index contributed by atoms with van der Waals surface area (Å²) >= 11 is 0. The van der Waals surface area contributed by atoms with Gasteiger partial charge in [0.15, 0.2) is 5.76 Å². The Morgan fingerprint density at radius 3 is 2.69 bits per heavy atom. The van der Waals surface area contributed by atoms with Gasteiger partial charge in [-0.1, -0.05) is 18.2 Å². The van der Waals surface area contributed by atoms with E-state index in [-0.39, 0.29) is 6.61 Å². The number of aromatic nitrogens is 1. The Hall–Kier alpha value is -3.28. The van der Waals surface area contributed by atoms with Gasteiger partial charge < -0.3 is 18.6 Å². The Morgan fingerprint density at radius 2 is 1.92 bits per heavy atom. The first-order chi connectivity index (χ1) is 12.6. The van der Waals surface area contributed by atoms with Crippen molar-refractivity contribution in [3.63, 3.8) is 0 Å². The summed E-state index contributed by atoms with van der Waals surface area (Å²) in [5.41, 5.74) is 1.90. The number of ether oxygens (including phenoxy) is 3. The lowest BCUT2D eigenvalue weighted by molar-refractivity contribution is 0.0595. The molecule has 0 aliphatic carbocycles. The van der Waals surface area contributed by atoms with Gasteiger partial charge in [-0.05, 0) is 37.3 Å². The Kier molecular flexibility index (Phi) is 5.22. The fourth-order valence-electron chi connectivity index (χ4n) is 2.46. The number of benzene rings is 2. The number of para-hydroxylation sites is 1. The molecule has 0 bridgehead atoms. The first-order valence-corrected chi connectivity index (χ1v) is 8.03. The van der Waals surface area contributed by atoms with E-state index in [1.54, 1.807) is 31.4 Å². The second kappa shape index (κ2) is 7.74. The molecule has 3 aromatic rings. The average Bonchev–Trinajstić information content (AvgIpc) is 3.06. The number of nitrogens with zero attached hydrogens (tertiary/aromatic N) is 1. The number of aryl methyl sites for hydroxylation is 1. The summed E-state index contributed by atoms with van der Waals surface area (Å²) in [6, 6.07) is 14.4. The van der Waals surface area contributed by atoms with Crippen molar-refractivity contribution >= 4 is 5.97 Å². The number of methoxy groups -OCH3 is 2. The van der Waals surface area contributed by atoms with Crippen LogP contribution in [0.1, 0.15) is 21.8 Å². The van der Waals surface area contributed by atoms with E-state index in [0.29, 0.717) is 23.0 Å². The molecule has 0 saturated heterocycles. The molecule has 26 heavy (non-hydrogen) atoms. The third-order valence-electron chi connectivity index (χ3n) is 3.86. The maximum atomic E-state index is 11.8. The summed E-state index contributed by atoms with van der Waals surface area (Å²) < 4.78 is 21.6. The van der Waals surface area contributed by atoms with Crippen molar-refractivity contribution in [1.29, 1.82) is 0 Å². The first-order valence-electron chi connectivity index (χ1n) is 8.03. The highest BCUT2D eigenvalue weighted by atomic mass is 16.5. The maximum absolute atomic E-state index is 11.8. The van der Waals surface area contributed by atoms with Crippen LogP contribution in [0.5, 0.6) is 11.5 Å². The molecule has 0 aliphatic rings. The van der Waals surface area contributed by atoms with Crippen LogP contribution < -0.4 is 9.47 Å². The third kappa shape index (κ3) is 3.69. The van der Waals surface area contributed by atoms with Crippen LogP contribution >= 0.6 is 0 Å².